The molecule has 0 radical (unpaired) electrons. The molecule has 2 bridgehead atoms. The first-order valence-corrected chi connectivity index (χ1v) is 14.3. The summed E-state index contributed by atoms with van der Waals surface area (Å²) >= 11 is 0. The normalized spacial score (nSPS) is 27.5. The third-order valence-electron chi connectivity index (χ3n) is 9.42. The van der Waals surface area contributed by atoms with E-state index < -0.39 is 6.04 Å². The Morgan fingerprint density at radius 3 is 2.69 bits per heavy atom. The van der Waals surface area contributed by atoms with Gasteiger partial charge in [-0.15, -0.1) is 5.10 Å². The number of amides is 2. The summed E-state index contributed by atoms with van der Waals surface area (Å²) in [5.41, 5.74) is 2.21. The van der Waals surface area contributed by atoms with Crippen LogP contribution in [0, 0.1) is 23.2 Å². The molecule has 2 aliphatic carbocycles. The molecule has 9 heteroatoms. The van der Waals surface area contributed by atoms with E-state index in [1.807, 2.05) is 16.9 Å². The summed E-state index contributed by atoms with van der Waals surface area (Å²) in [6.07, 6.45) is 9.80. The molecule has 3 aliphatic rings. The number of ether oxygens (including phenoxy) is 1. The number of benzene rings is 1. The van der Waals surface area contributed by atoms with E-state index in [-0.39, 0.29) is 49.3 Å². The number of likely N-dealkylation sites (N-methyl/N-ethyl adjacent to an activating group) is 1. The summed E-state index contributed by atoms with van der Waals surface area (Å²) in [7, 11) is 1.53. The first-order chi connectivity index (χ1) is 18.7. The number of nitrogens with zero attached hydrogens (tertiary/aromatic N) is 4. The van der Waals surface area contributed by atoms with Gasteiger partial charge in [0.25, 0.3) is 5.91 Å². The van der Waals surface area contributed by atoms with E-state index in [1.165, 1.54) is 44.1 Å². The molecule has 0 saturated heterocycles. The maximum absolute atomic E-state index is 13.2. The van der Waals surface area contributed by atoms with Crippen LogP contribution in [0.25, 0.3) is 0 Å². The quantitative estimate of drug-likeness (QED) is 0.454. The highest BCUT2D eigenvalue weighted by atomic mass is 16.5. The highest BCUT2D eigenvalue weighted by molar-refractivity contribution is 6.01. The van der Waals surface area contributed by atoms with Crippen LogP contribution in [0.2, 0.25) is 0 Å². The van der Waals surface area contributed by atoms with Gasteiger partial charge >= 0.3 is 0 Å². The van der Waals surface area contributed by atoms with Crippen molar-refractivity contribution in [3.63, 3.8) is 0 Å². The van der Waals surface area contributed by atoms with Gasteiger partial charge in [-0.05, 0) is 80.8 Å². The molecule has 2 amide bonds. The number of nitrogens with one attached hydrogen (secondary N) is 1. The lowest BCUT2D eigenvalue weighted by atomic mass is 9.57. The van der Waals surface area contributed by atoms with Gasteiger partial charge in [0.15, 0.2) is 0 Å². The van der Waals surface area contributed by atoms with Gasteiger partial charge in [0.1, 0.15) is 30.4 Å². The molecule has 2 aromatic rings. The van der Waals surface area contributed by atoms with Crippen LogP contribution in [-0.4, -0.2) is 51.1 Å². The van der Waals surface area contributed by atoms with Crippen LogP contribution in [0.1, 0.15) is 93.4 Å². The van der Waals surface area contributed by atoms with Crippen molar-refractivity contribution in [1.29, 1.82) is 0 Å². The second-order valence-corrected chi connectivity index (χ2v) is 12.4. The fraction of sp³-hybridized carbons (Fsp3) is 0.633. The lowest BCUT2D eigenvalue weighted by molar-refractivity contribution is -0.125. The summed E-state index contributed by atoms with van der Waals surface area (Å²) in [5, 5.41) is 11.5. The van der Waals surface area contributed by atoms with Crippen LogP contribution in [0.4, 0.5) is 0 Å². The summed E-state index contributed by atoms with van der Waals surface area (Å²) in [6, 6.07) is 4.92. The van der Waals surface area contributed by atoms with Crippen LogP contribution in [0.15, 0.2) is 24.4 Å². The maximum Gasteiger partial charge on any atom is 0.255 e. The van der Waals surface area contributed by atoms with Crippen molar-refractivity contribution in [2.24, 2.45) is 23.2 Å². The van der Waals surface area contributed by atoms with Crippen molar-refractivity contribution in [1.82, 2.24) is 25.2 Å². The molecule has 1 aliphatic heterocycles. The Morgan fingerprint density at radius 1 is 1.26 bits per heavy atom. The minimum Gasteiger partial charge on any atom is -0.487 e. The van der Waals surface area contributed by atoms with Gasteiger partial charge in [-0.2, -0.15) is 0 Å². The number of hydrogen-bond acceptors (Lipinski definition) is 6. The van der Waals surface area contributed by atoms with Crippen molar-refractivity contribution >= 4 is 18.1 Å². The number of aldehydes is 1. The molecule has 0 spiro atoms. The van der Waals surface area contributed by atoms with Gasteiger partial charge in [0, 0.05) is 24.6 Å². The van der Waals surface area contributed by atoms with Gasteiger partial charge in [0.2, 0.25) is 5.91 Å². The lowest BCUT2D eigenvalue weighted by Gasteiger charge is -2.49. The molecule has 5 rings (SSSR count). The molecule has 39 heavy (non-hydrogen) atoms. The highest BCUT2D eigenvalue weighted by Gasteiger charge is 2.44. The highest BCUT2D eigenvalue weighted by Crippen LogP contribution is 2.54. The van der Waals surface area contributed by atoms with Gasteiger partial charge in [0.05, 0.1) is 18.8 Å². The van der Waals surface area contributed by atoms with E-state index in [1.54, 1.807) is 12.1 Å². The molecular formula is C30H41N5O4. The Balaban J connectivity index is 1.26. The van der Waals surface area contributed by atoms with Crippen LogP contribution in [0.3, 0.4) is 0 Å². The van der Waals surface area contributed by atoms with Crippen LogP contribution in [0.5, 0.6) is 5.75 Å². The van der Waals surface area contributed by atoms with E-state index in [0.717, 1.165) is 35.3 Å². The van der Waals surface area contributed by atoms with Crippen LogP contribution in [-0.2, 0) is 22.7 Å². The third kappa shape index (κ3) is 5.45. The summed E-state index contributed by atoms with van der Waals surface area (Å²) in [5.74, 6) is 2.56. The first-order valence-electron chi connectivity index (χ1n) is 14.3. The van der Waals surface area contributed by atoms with Gasteiger partial charge in [-0.1, -0.05) is 25.1 Å². The van der Waals surface area contributed by atoms with Crippen molar-refractivity contribution in [3.8, 4) is 5.75 Å². The Kier molecular flexibility index (Phi) is 7.78. The molecule has 210 valence electrons. The molecule has 2 heterocycles. The number of rotatable bonds is 10. The van der Waals surface area contributed by atoms with Gasteiger partial charge < -0.3 is 19.7 Å². The minimum absolute atomic E-state index is 0.203. The Labute approximate surface area is 230 Å². The van der Waals surface area contributed by atoms with Crippen molar-refractivity contribution in [2.75, 3.05) is 7.05 Å². The van der Waals surface area contributed by atoms with E-state index in [2.05, 4.69) is 36.4 Å². The molecule has 4 atom stereocenters. The second kappa shape index (κ2) is 11.1. The standard InChI is InChI=1S/C30H41N5O4/c1-19-11-21-13-22(12-19)15-30(3,14-21)20(2)35-16-23(32-33-35)18-39-27-9-5-7-24-25(27)17-34(29(24)38)26(8-6-10-36)28(37)31-4/h5,7,9-10,16,19-22,26H,6,8,11-15,17-18H2,1-4H3,(H,31,37). The van der Waals surface area contributed by atoms with E-state index in [0.29, 0.717) is 11.3 Å². The molecule has 9 nitrogen and oxygen atoms in total. The number of fused-ring (bicyclic) bond motifs is 3. The third-order valence-corrected chi connectivity index (χ3v) is 9.42. The zero-order valence-corrected chi connectivity index (χ0v) is 23.6. The average molecular weight is 536 g/mol. The summed E-state index contributed by atoms with van der Waals surface area (Å²) < 4.78 is 8.17. The molecule has 1 aromatic heterocycles. The van der Waals surface area contributed by atoms with Crippen LogP contribution < -0.4 is 10.1 Å². The second-order valence-electron chi connectivity index (χ2n) is 12.4. The summed E-state index contributed by atoms with van der Waals surface area (Å²) in [6.45, 7) is 7.58. The molecule has 4 unspecified atom stereocenters. The van der Waals surface area contributed by atoms with Crippen molar-refractivity contribution in [2.45, 2.75) is 91.0 Å². The Morgan fingerprint density at radius 2 is 2.00 bits per heavy atom. The molecule has 2 saturated carbocycles. The molecule has 1 N–H and O–H groups in total. The number of aromatic nitrogens is 3. The van der Waals surface area contributed by atoms with E-state index in [9.17, 15) is 14.4 Å². The predicted molar refractivity (Wildman–Crippen MR) is 146 cm³/mol. The lowest BCUT2D eigenvalue weighted by Crippen LogP contribution is -2.46. The van der Waals surface area contributed by atoms with E-state index >= 15 is 0 Å². The molecule has 2 fully saturated rings. The zero-order valence-electron chi connectivity index (χ0n) is 23.6. The van der Waals surface area contributed by atoms with E-state index in [4.69, 9.17) is 4.74 Å². The van der Waals surface area contributed by atoms with Crippen LogP contribution >= 0.6 is 0 Å². The Bertz CT molecular complexity index is 1210. The zero-order chi connectivity index (χ0) is 27.7. The largest absolute Gasteiger partial charge is 0.487 e. The SMILES string of the molecule is CNC(=O)C(CCC=O)N1Cc2c(OCc3cn(C(C)C4(C)CC5CC(C)CC(C5)C4)nn3)cccc2C1=O. The number of carbonyl (C=O) groups is 3. The average Bonchev–Trinajstić information content (AvgIpc) is 3.51. The van der Waals surface area contributed by atoms with Crippen molar-refractivity contribution < 1.29 is 19.1 Å². The van der Waals surface area contributed by atoms with Gasteiger partial charge in [-0.25, -0.2) is 4.68 Å². The molecular weight excluding hydrogens is 494 g/mol. The fourth-order valence-corrected chi connectivity index (χ4v) is 7.55. The number of carbonyl (C=O) groups excluding carboxylic acids is 3. The van der Waals surface area contributed by atoms with Gasteiger partial charge in [-0.3, -0.25) is 9.59 Å². The first kappa shape index (κ1) is 27.3. The fourth-order valence-electron chi connectivity index (χ4n) is 7.55. The monoisotopic (exact) mass is 535 g/mol. The minimum atomic E-state index is -0.710. The van der Waals surface area contributed by atoms with Crippen molar-refractivity contribution in [3.05, 3.63) is 41.2 Å². The smallest absolute Gasteiger partial charge is 0.255 e. The molecule has 1 aromatic carbocycles. The Hall–Kier alpha value is -3.23. The topological polar surface area (TPSA) is 106 Å². The maximum atomic E-state index is 13.2. The number of hydrogen-bond donors (Lipinski definition) is 1. The predicted octanol–water partition coefficient (Wildman–Crippen LogP) is 4.32. The summed E-state index contributed by atoms with van der Waals surface area (Å²) in [4.78, 5) is 38.1.